The summed E-state index contributed by atoms with van der Waals surface area (Å²) in [6.45, 7) is 0. The van der Waals surface area contributed by atoms with E-state index in [9.17, 15) is 29.1 Å². The Balaban J connectivity index is 0.000000473. The van der Waals surface area contributed by atoms with Crippen molar-refractivity contribution in [2.75, 3.05) is 0 Å². The molecule has 0 fully saturated rings. The Kier molecular flexibility index (Phi) is 13.2. The molecule has 34 heavy (non-hydrogen) atoms. The Labute approximate surface area is 201 Å². The van der Waals surface area contributed by atoms with Crippen molar-refractivity contribution in [3.8, 4) is 17.2 Å². The van der Waals surface area contributed by atoms with Crippen molar-refractivity contribution in [1.82, 2.24) is 0 Å². The maximum absolute atomic E-state index is 10.2. The van der Waals surface area contributed by atoms with E-state index in [2.05, 4.69) is 15.5 Å². The molecule has 3 aromatic carbocycles. The molecule has 0 saturated carbocycles. The molecule has 0 aliphatic carbocycles. The molecule has 0 radical (unpaired) electrons. The van der Waals surface area contributed by atoms with Crippen molar-refractivity contribution in [2.24, 2.45) is 15.5 Å². The monoisotopic (exact) mass is 509 g/mol. The molecule has 0 spiro atoms. The van der Waals surface area contributed by atoms with Crippen LogP contribution >= 0.6 is 0 Å². The van der Waals surface area contributed by atoms with Crippen molar-refractivity contribution in [2.45, 2.75) is 0 Å². The van der Waals surface area contributed by atoms with Crippen LogP contribution in [0.4, 0.5) is 17.1 Å². The van der Waals surface area contributed by atoms with Gasteiger partial charge in [0.1, 0.15) is 53.2 Å². The first-order chi connectivity index (χ1) is 15.8. The Hall–Kier alpha value is -4.61. The number of aldehydes is 3. The molecule has 0 aliphatic heterocycles. The summed E-state index contributed by atoms with van der Waals surface area (Å²) in [6.07, 6.45) is 1.73. The second-order valence-corrected chi connectivity index (χ2v) is 5.87. The number of carbonyl (C=O) groups excluding carboxylic acids is 3. The van der Waals surface area contributed by atoms with Gasteiger partial charge >= 0.3 is 0 Å². The van der Waals surface area contributed by atoms with E-state index < -0.39 is 0 Å². The molecule has 0 aromatic heterocycles. The smallest absolute Gasteiger partial charge is 0.150 e. The number of nitroso groups, excluding NO2 is 3. The van der Waals surface area contributed by atoms with Crippen LogP contribution in [0.1, 0.15) is 31.1 Å². The summed E-state index contributed by atoms with van der Waals surface area (Å²) < 4.78 is 0. The number of aromatic hydroxyl groups is 3. The molecular weight excluding hydrogens is 494 g/mol. The van der Waals surface area contributed by atoms with Gasteiger partial charge in [-0.15, -0.1) is 14.7 Å². The van der Waals surface area contributed by atoms with E-state index >= 15 is 0 Å². The fourth-order valence-corrected chi connectivity index (χ4v) is 2.06. The Morgan fingerprint density at radius 3 is 0.912 bits per heavy atom. The molecular formula is C21H15FeN3O9. The number of carbonyl (C=O) groups is 3. The molecule has 3 rings (SSSR count). The van der Waals surface area contributed by atoms with Crippen molar-refractivity contribution in [3.05, 3.63) is 86.0 Å². The average molecular weight is 509 g/mol. The van der Waals surface area contributed by atoms with E-state index in [4.69, 9.17) is 15.3 Å². The summed E-state index contributed by atoms with van der Waals surface area (Å²) in [7, 11) is 0. The zero-order valence-electron chi connectivity index (χ0n) is 16.9. The number of nitrogens with zero attached hydrogens (tertiary/aromatic N) is 3. The Morgan fingerprint density at radius 2 is 0.735 bits per heavy atom. The molecule has 0 bridgehead atoms. The van der Waals surface area contributed by atoms with E-state index in [0.717, 1.165) is 0 Å². The zero-order chi connectivity index (χ0) is 24.8. The molecule has 13 heteroatoms. The first-order valence-corrected chi connectivity index (χ1v) is 8.68. The van der Waals surface area contributed by atoms with Crippen LogP contribution in [0.5, 0.6) is 17.2 Å². The van der Waals surface area contributed by atoms with Crippen LogP contribution in [0.3, 0.4) is 0 Å². The van der Waals surface area contributed by atoms with E-state index in [1.165, 1.54) is 54.6 Å². The van der Waals surface area contributed by atoms with Crippen LogP contribution in [0.25, 0.3) is 0 Å². The minimum absolute atomic E-state index is 0. The third-order valence-electron chi connectivity index (χ3n) is 3.70. The molecule has 0 atom stereocenters. The van der Waals surface area contributed by atoms with Gasteiger partial charge in [-0.25, -0.2) is 0 Å². The number of phenols is 3. The molecule has 3 N–H and O–H groups in total. The summed E-state index contributed by atoms with van der Waals surface area (Å²) in [5.74, 6) is -0.651. The van der Waals surface area contributed by atoms with Gasteiger partial charge in [-0.2, -0.15) is 0 Å². The van der Waals surface area contributed by atoms with Crippen LogP contribution in [0.15, 0.2) is 70.1 Å². The minimum atomic E-state index is -0.217. The third-order valence-corrected chi connectivity index (χ3v) is 3.70. The Morgan fingerprint density at radius 1 is 0.500 bits per heavy atom. The predicted molar refractivity (Wildman–Crippen MR) is 117 cm³/mol. The molecule has 12 nitrogen and oxygen atoms in total. The van der Waals surface area contributed by atoms with Crippen molar-refractivity contribution < 1.29 is 46.8 Å². The second kappa shape index (κ2) is 15.2. The maximum Gasteiger partial charge on any atom is 0.150 e. The van der Waals surface area contributed by atoms with Crippen LogP contribution in [-0.4, -0.2) is 34.2 Å². The number of rotatable bonds is 6. The van der Waals surface area contributed by atoms with Gasteiger partial charge in [0.15, 0.2) is 0 Å². The van der Waals surface area contributed by atoms with Gasteiger partial charge in [0.25, 0.3) is 0 Å². The van der Waals surface area contributed by atoms with Gasteiger partial charge in [-0.3, -0.25) is 14.4 Å². The number of benzene rings is 3. The normalized spacial score (nSPS) is 8.82. The van der Waals surface area contributed by atoms with Gasteiger partial charge in [-0.05, 0) is 70.1 Å². The zero-order valence-corrected chi connectivity index (χ0v) is 18.0. The fraction of sp³-hybridized carbons (Fsp3) is 0. The van der Waals surface area contributed by atoms with E-state index in [0.29, 0.717) is 35.5 Å². The van der Waals surface area contributed by atoms with Gasteiger partial charge < -0.3 is 15.3 Å². The molecule has 3 aromatic rings. The Bertz CT molecular complexity index is 1040. The topological polar surface area (TPSA) is 200 Å². The van der Waals surface area contributed by atoms with E-state index in [1.54, 1.807) is 0 Å². The van der Waals surface area contributed by atoms with Crippen LogP contribution < -0.4 is 0 Å². The molecule has 0 unspecified atom stereocenters. The number of hydrogen-bond acceptors (Lipinski definition) is 12. The first kappa shape index (κ1) is 29.4. The fourth-order valence-electron chi connectivity index (χ4n) is 2.06. The summed E-state index contributed by atoms with van der Waals surface area (Å²) in [5, 5.41) is 34.3. The number of hydrogen-bond donors (Lipinski definition) is 3. The van der Waals surface area contributed by atoms with E-state index in [-0.39, 0.29) is 51.4 Å². The largest absolute Gasteiger partial charge is 0.506 e. The van der Waals surface area contributed by atoms with Crippen LogP contribution in [0.2, 0.25) is 0 Å². The van der Waals surface area contributed by atoms with Gasteiger partial charge in [0.05, 0.1) is 0 Å². The van der Waals surface area contributed by atoms with Crippen LogP contribution in [0, 0.1) is 14.7 Å². The minimum Gasteiger partial charge on any atom is -0.506 e. The SMILES string of the molecule is O=Cc1ccc(O)c(N=O)c1.O=Cc1ccc(O)c(N=O)c1.O=Cc1ccc(O)c(N=O)c1.[Fe]. The summed E-state index contributed by atoms with van der Waals surface area (Å²) >= 11 is 0. The molecule has 0 saturated heterocycles. The second-order valence-electron chi connectivity index (χ2n) is 5.87. The van der Waals surface area contributed by atoms with Gasteiger partial charge in [0.2, 0.25) is 0 Å². The molecule has 176 valence electrons. The third kappa shape index (κ3) is 8.86. The summed E-state index contributed by atoms with van der Waals surface area (Å²) in [6, 6.07) is 11.6. The maximum atomic E-state index is 10.2. The van der Waals surface area contributed by atoms with Gasteiger partial charge in [-0.1, -0.05) is 0 Å². The van der Waals surface area contributed by atoms with Gasteiger partial charge in [0, 0.05) is 33.8 Å². The quantitative estimate of drug-likeness (QED) is 0.237. The standard InChI is InChI=1S/3C7H5NO3.Fe/c3*9-4-5-1-2-7(10)6(3-5)8-11;/h3*1-4,10H;. The van der Waals surface area contributed by atoms with Crippen molar-refractivity contribution >= 4 is 35.9 Å². The van der Waals surface area contributed by atoms with Crippen molar-refractivity contribution in [3.63, 3.8) is 0 Å². The van der Waals surface area contributed by atoms with Crippen LogP contribution in [-0.2, 0) is 17.1 Å². The van der Waals surface area contributed by atoms with Crippen molar-refractivity contribution in [1.29, 1.82) is 0 Å². The number of phenolic OH excluding ortho intramolecular Hbond substituents is 3. The molecule has 0 heterocycles. The summed E-state index contributed by atoms with van der Waals surface area (Å²) in [4.78, 5) is 60.4. The predicted octanol–water partition coefficient (Wildman–Crippen LogP) is 4.81. The molecule has 0 amide bonds. The first-order valence-electron chi connectivity index (χ1n) is 8.68. The summed E-state index contributed by atoms with van der Waals surface area (Å²) in [5.41, 5.74) is 0.603. The molecule has 0 aliphatic rings. The van der Waals surface area contributed by atoms with E-state index in [1.807, 2.05) is 0 Å². The average Bonchev–Trinajstić information content (AvgIpc) is 2.85.